The maximum atomic E-state index is 12.0. The predicted octanol–water partition coefficient (Wildman–Crippen LogP) is 0.712. The second kappa shape index (κ2) is 8.50. The fourth-order valence-corrected chi connectivity index (χ4v) is 2.09. The number of benzene rings is 1. The standard InChI is InChI=1S/C15H18ClN3O4/c1-22-7-6-17-14(20)9-18-15(21)13-8-12(19-23-13)10-2-4-11(16)5-3-10/h2-5,13H,6-9H2,1H3,(H,17,20)(H,18,21)/t13-/m0/s1. The number of oxime groups is 1. The Bertz CT molecular complexity index is 589. The minimum absolute atomic E-state index is 0.112. The molecule has 0 radical (unpaired) electrons. The summed E-state index contributed by atoms with van der Waals surface area (Å²) >= 11 is 5.83. The molecule has 7 nitrogen and oxygen atoms in total. The van der Waals surface area contributed by atoms with Gasteiger partial charge in [0, 0.05) is 25.1 Å². The molecule has 1 heterocycles. The molecule has 1 atom stereocenters. The molecule has 124 valence electrons. The van der Waals surface area contributed by atoms with E-state index < -0.39 is 6.10 Å². The summed E-state index contributed by atoms with van der Waals surface area (Å²) in [6, 6.07) is 7.12. The summed E-state index contributed by atoms with van der Waals surface area (Å²) in [5.74, 6) is -0.660. The van der Waals surface area contributed by atoms with Gasteiger partial charge in [-0.3, -0.25) is 9.59 Å². The molecule has 0 saturated heterocycles. The number of amides is 2. The summed E-state index contributed by atoms with van der Waals surface area (Å²) < 4.78 is 4.81. The quantitative estimate of drug-likeness (QED) is 0.716. The largest absolute Gasteiger partial charge is 0.383 e. The van der Waals surface area contributed by atoms with Crippen molar-refractivity contribution in [1.29, 1.82) is 0 Å². The third-order valence-corrected chi connectivity index (χ3v) is 3.44. The highest BCUT2D eigenvalue weighted by molar-refractivity contribution is 6.30. The Hall–Kier alpha value is -2.12. The average Bonchev–Trinajstić information content (AvgIpc) is 3.03. The molecule has 1 aromatic rings. The molecule has 2 N–H and O–H groups in total. The summed E-state index contributed by atoms with van der Waals surface area (Å²) in [4.78, 5) is 28.6. The first kappa shape index (κ1) is 17.2. The van der Waals surface area contributed by atoms with Gasteiger partial charge in [0.2, 0.25) is 12.0 Å². The molecule has 0 aromatic heterocycles. The fraction of sp³-hybridized carbons (Fsp3) is 0.400. The number of rotatable bonds is 7. The molecule has 0 saturated carbocycles. The third kappa shape index (κ3) is 5.22. The number of nitrogens with one attached hydrogen (secondary N) is 2. The highest BCUT2D eigenvalue weighted by Crippen LogP contribution is 2.18. The minimum atomic E-state index is -0.729. The molecule has 0 fully saturated rings. The number of ether oxygens (including phenoxy) is 1. The van der Waals surface area contributed by atoms with Gasteiger partial charge >= 0.3 is 0 Å². The van der Waals surface area contributed by atoms with Crippen LogP contribution < -0.4 is 10.6 Å². The zero-order valence-corrected chi connectivity index (χ0v) is 13.4. The monoisotopic (exact) mass is 339 g/mol. The van der Waals surface area contributed by atoms with E-state index in [2.05, 4.69) is 15.8 Å². The van der Waals surface area contributed by atoms with Crippen molar-refractivity contribution >= 4 is 29.1 Å². The maximum absolute atomic E-state index is 12.0. The van der Waals surface area contributed by atoms with E-state index in [1.54, 1.807) is 19.2 Å². The van der Waals surface area contributed by atoms with Crippen molar-refractivity contribution < 1.29 is 19.2 Å². The summed E-state index contributed by atoms with van der Waals surface area (Å²) in [6.45, 7) is 0.706. The lowest BCUT2D eigenvalue weighted by Gasteiger charge is -2.09. The Morgan fingerprint density at radius 3 is 2.78 bits per heavy atom. The second-order valence-electron chi connectivity index (χ2n) is 4.90. The molecule has 8 heteroatoms. The Balaban J connectivity index is 1.75. The van der Waals surface area contributed by atoms with Crippen molar-refractivity contribution in [3.8, 4) is 0 Å². The van der Waals surface area contributed by atoms with E-state index in [0.29, 0.717) is 30.3 Å². The van der Waals surface area contributed by atoms with Crippen LogP contribution >= 0.6 is 11.6 Å². The number of carbonyl (C=O) groups is 2. The SMILES string of the molecule is COCCNC(=O)CNC(=O)[C@@H]1CC(c2ccc(Cl)cc2)=NO1. The van der Waals surface area contributed by atoms with Crippen LogP contribution in [0.4, 0.5) is 0 Å². The Morgan fingerprint density at radius 1 is 1.35 bits per heavy atom. The van der Waals surface area contributed by atoms with Gasteiger partial charge in [-0.15, -0.1) is 0 Å². The number of methoxy groups -OCH3 is 1. The van der Waals surface area contributed by atoms with Crippen molar-refractivity contribution in [3.63, 3.8) is 0 Å². The van der Waals surface area contributed by atoms with E-state index in [1.807, 2.05) is 12.1 Å². The van der Waals surface area contributed by atoms with Crippen molar-refractivity contribution in [2.45, 2.75) is 12.5 Å². The Kier molecular flexibility index (Phi) is 6.37. The van der Waals surface area contributed by atoms with Gasteiger partial charge in [-0.2, -0.15) is 0 Å². The lowest BCUT2D eigenvalue weighted by molar-refractivity contribution is -0.133. The topological polar surface area (TPSA) is 89.0 Å². The number of nitrogens with zero attached hydrogens (tertiary/aromatic N) is 1. The van der Waals surface area contributed by atoms with E-state index in [9.17, 15) is 9.59 Å². The van der Waals surface area contributed by atoms with Crippen LogP contribution in [0.2, 0.25) is 5.02 Å². The van der Waals surface area contributed by atoms with Crippen LogP contribution in [0, 0.1) is 0 Å². The maximum Gasteiger partial charge on any atom is 0.264 e. The lowest BCUT2D eigenvalue weighted by Crippen LogP contribution is -2.42. The molecule has 0 spiro atoms. The summed E-state index contributed by atoms with van der Waals surface area (Å²) in [7, 11) is 1.55. The predicted molar refractivity (Wildman–Crippen MR) is 85.4 cm³/mol. The van der Waals surface area contributed by atoms with Gasteiger partial charge in [0.25, 0.3) is 5.91 Å². The fourth-order valence-electron chi connectivity index (χ4n) is 1.97. The van der Waals surface area contributed by atoms with Crippen LogP contribution in [0.25, 0.3) is 0 Å². The molecule has 0 aliphatic carbocycles. The summed E-state index contributed by atoms with van der Waals surface area (Å²) in [6.07, 6.45) is -0.383. The molecule has 1 aliphatic heterocycles. The van der Waals surface area contributed by atoms with Crippen LogP contribution in [0.5, 0.6) is 0 Å². The molecule has 23 heavy (non-hydrogen) atoms. The Labute approximate surface area is 139 Å². The first-order chi connectivity index (χ1) is 11.1. The van der Waals surface area contributed by atoms with E-state index in [-0.39, 0.29) is 18.4 Å². The molecule has 1 aromatic carbocycles. The zero-order valence-electron chi connectivity index (χ0n) is 12.7. The smallest absolute Gasteiger partial charge is 0.264 e. The van der Waals surface area contributed by atoms with E-state index in [0.717, 1.165) is 5.56 Å². The first-order valence-corrected chi connectivity index (χ1v) is 7.50. The highest BCUT2D eigenvalue weighted by atomic mass is 35.5. The number of halogens is 1. The molecular weight excluding hydrogens is 322 g/mol. The van der Waals surface area contributed by atoms with E-state index in [1.165, 1.54) is 0 Å². The summed E-state index contributed by atoms with van der Waals surface area (Å²) in [5.41, 5.74) is 1.52. The summed E-state index contributed by atoms with van der Waals surface area (Å²) in [5, 5.41) is 9.68. The Morgan fingerprint density at radius 2 is 2.09 bits per heavy atom. The molecular formula is C15H18ClN3O4. The van der Waals surface area contributed by atoms with Gasteiger partial charge in [0.1, 0.15) is 0 Å². The molecule has 2 rings (SSSR count). The number of hydrogen-bond donors (Lipinski definition) is 2. The van der Waals surface area contributed by atoms with Crippen molar-refractivity contribution in [1.82, 2.24) is 10.6 Å². The number of carbonyl (C=O) groups excluding carboxylic acids is 2. The number of hydrogen-bond acceptors (Lipinski definition) is 5. The molecule has 0 unspecified atom stereocenters. The minimum Gasteiger partial charge on any atom is -0.383 e. The van der Waals surface area contributed by atoms with Gasteiger partial charge in [-0.25, -0.2) is 0 Å². The van der Waals surface area contributed by atoms with Crippen LogP contribution in [-0.2, 0) is 19.2 Å². The third-order valence-electron chi connectivity index (χ3n) is 3.19. The van der Waals surface area contributed by atoms with Crippen LogP contribution in [0.3, 0.4) is 0 Å². The van der Waals surface area contributed by atoms with Gasteiger partial charge in [0.05, 0.1) is 18.9 Å². The van der Waals surface area contributed by atoms with Crippen LogP contribution in [0.15, 0.2) is 29.4 Å². The zero-order chi connectivity index (χ0) is 16.7. The average molecular weight is 340 g/mol. The van der Waals surface area contributed by atoms with Gasteiger partial charge in [0.15, 0.2) is 0 Å². The van der Waals surface area contributed by atoms with Crippen LogP contribution in [-0.4, -0.2) is 50.4 Å². The van der Waals surface area contributed by atoms with Gasteiger partial charge in [-0.05, 0) is 17.7 Å². The van der Waals surface area contributed by atoms with Crippen molar-refractivity contribution in [3.05, 3.63) is 34.9 Å². The first-order valence-electron chi connectivity index (χ1n) is 7.12. The van der Waals surface area contributed by atoms with Gasteiger partial charge < -0.3 is 20.2 Å². The van der Waals surface area contributed by atoms with Crippen LogP contribution in [0.1, 0.15) is 12.0 Å². The normalized spacial score (nSPS) is 16.4. The van der Waals surface area contributed by atoms with E-state index in [4.69, 9.17) is 21.2 Å². The lowest BCUT2D eigenvalue weighted by atomic mass is 10.0. The second-order valence-corrected chi connectivity index (χ2v) is 5.34. The van der Waals surface area contributed by atoms with Crippen molar-refractivity contribution in [2.75, 3.05) is 26.8 Å². The molecule has 0 bridgehead atoms. The molecule has 2 amide bonds. The van der Waals surface area contributed by atoms with Crippen molar-refractivity contribution in [2.24, 2.45) is 5.16 Å². The van der Waals surface area contributed by atoms with Gasteiger partial charge in [-0.1, -0.05) is 28.9 Å². The van der Waals surface area contributed by atoms with E-state index >= 15 is 0 Å². The highest BCUT2D eigenvalue weighted by Gasteiger charge is 2.28. The molecule has 1 aliphatic rings.